The van der Waals surface area contributed by atoms with Crippen molar-refractivity contribution in [3.8, 4) is 11.5 Å². The number of nitrogens with one attached hydrogen (secondary N) is 2. The third-order valence-corrected chi connectivity index (χ3v) is 1.36. The number of nitrogens with zero attached hydrogens (tertiary/aromatic N) is 2. The normalized spacial score (nSPS) is 10.2. The fraction of sp³-hybridized carbons (Fsp3) is 0. The molecule has 0 saturated heterocycles. The highest BCUT2D eigenvalue weighted by Gasteiger charge is 2.01. The number of aromatic nitrogens is 4. The van der Waals surface area contributed by atoms with Gasteiger partial charge in [0.15, 0.2) is 5.82 Å². The van der Waals surface area contributed by atoms with Gasteiger partial charge in [-0.25, -0.2) is 0 Å². The van der Waals surface area contributed by atoms with E-state index in [2.05, 4.69) is 20.2 Å². The van der Waals surface area contributed by atoms with Crippen LogP contribution in [0, 0.1) is 0 Å². The largest absolute Gasteiger partial charge is 0.366 e. The Morgan fingerprint density at radius 1 is 1.45 bits per heavy atom. The topological polar surface area (TPSA) is 83.4 Å². The van der Waals surface area contributed by atoms with Crippen LogP contribution >= 0.6 is 0 Å². The molecular weight excluding hydrogens is 142 g/mol. The molecule has 2 aromatic rings. The molecule has 2 rings (SSSR count). The molecule has 56 valence electrons. The first-order valence-corrected chi connectivity index (χ1v) is 3.18. The smallest absolute Gasteiger partial charge is 0.239 e. The quantitative estimate of drug-likeness (QED) is 0.548. The summed E-state index contributed by atoms with van der Waals surface area (Å²) in [5.74, 6) is 0.919. The third-order valence-electron chi connectivity index (χ3n) is 1.36. The van der Waals surface area contributed by atoms with Crippen molar-refractivity contribution in [3.05, 3.63) is 18.3 Å². The minimum atomic E-state index is 0.259. The molecular formula is C6H7N5. The predicted octanol–water partition coefficient (Wildman–Crippen LogP) is 0.382. The highest BCUT2D eigenvalue weighted by Crippen LogP contribution is 2.10. The monoisotopic (exact) mass is 149 g/mol. The Morgan fingerprint density at radius 3 is 2.91 bits per heavy atom. The maximum atomic E-state index is 5.32. The van der Waals surface area contributed by atoms with Crippen LogP contribution in [0.15, 0.2) is 18.3 Å². The second kappa shape index (κ2) is 2.12. The molecule has 0 aromatic carbocycles. The van der Waals surface area contributed by atoms with Crippen LogP contribution in [0.5, 0.6) is 0 Å². The summed E-state index contributed by atoms with van der Waals surface area (Å²) in [4.78, 5) is 6.91. The summed E-state index contributed by atoms with van der Waals surface area (Å²) in [7, 11) is 0. The third kappa shape index (κ3) is 0.958. The van der Waals surface area contributed by atoms with Gasteiger partial charge in [0.05, 0.1) is 5.69 Å². The van der Waals surface area contributed by atoms with Crippen molar-refractivity contribution < 1.29 is 0 Å². The lowest BCUT2D eigenvalue weighted by molar-refractivity contribution is 1.10. The molecule has 0 aliphatic carbocycles. The molecule has 0 aliphatic heterocycles. The minimum absolute atomic E-state index is 0.259. The number of anilines is 1. The molecule has 2 aromatic heterocycles. The average molecular weight is 149 g/mol. The van der Waals surface area contributed by atoms with Gasteiger partial charge >= 0.3 is 0 Å². The molecule has 5 nitrogen and oxygen atoms in total. The Kier molecular flexibility index (Phi) is 1.15. The van der Waals surface area contributed by atoms with Crippen LogP contribution in [-0.4, -0.2) is 20.2 Å². The van der Waals surface area contributed by atoms with E-state index >= 15 is 0 Å². The van der Waals surface area contributed by atoms with Crippen molar-refractivity contribution >= 4 is 5.95 Å². The zero-order valence-electron chi connectivity index (χ0n) is 5.70. The zero-order chi connectivity index (χ0) is 7.68. The Hall–Kier alpha value is -1.78. The number of aromatic amines is 2. The van der Waals surface area contributed by atoms with Crippen LogP contribution in [-0.2, 0) is 0 Å². The van der Waals surface area contributed by atoms with Gasteiger partial charge in [-0.15, -0.1) is 5.10 Å². The Morgan fingerprint density at radius 2 is 2.36 bits per heavy atom. The summed E-state index contributed by atoms with van der Waals surface area (Å²) in [6.07, 6.45) is 1.81. The summed E-state index contributed by atoms with van der Waals surface area (Å²) >= 11 is 0. The van der Waals surface area contributed by atoms with Gasteiger partial charge in [0, 0.05) is 6.20 Å². The van der Waals surface area contributed by atoms with E-state index in [1.54, 1.807) is 0 Å². The lowest BCUT2D eigenvalue weighted by Crippen LogP contribution is -1.85. The number of nitrogens with two attached hydrogens (primary N) is 1. The van der Waals surface area contributed by atoms with Crippen molar-refractivity contribution in [3.63, 3.8) is 0 Å². The van der Waals surface area contributed by atoms with E-state index in [4.69, 9.17) is 5.73 Å². The average Bonchev–Trinajstić information content (AvgIpc) is 2.55. The molecule has 0 spiro atoms. The number of H-pyrrole nitrogens is 2. The Balaban J connectivity index is 2.45. The molecule has 4 N–H and O–H groups in total. The maximum absolute atomic E-state index is 5.32. The fourth-order valence-corrected chi connectivity index (χ4v) is 0.873. The van der Waals surface area contributed by atoms with Crippen LogP contribution in [0.25, 0.3) is 11.5 Å². The van der Waals surface area contributed by atoms with E-state index < -0.39 is 0 Å². The van der Waals surface area contributed by atoms with Crippen molar-refractivity contribution in [2.24, 2.45) is 0 Å². The van der Waals surface area contributed by atoms with Gasteiger partial charge in [-0.05, 0) is 12.1 Å². The van der Waals surface area contributed by atoms with Gasteiger partial charge in [0.1, 0.15) is 0 Å². The molecule has 0 unspecified atom stereocenters. The second-order valence-corrected chi connectivity index (χ2v) is 2.13. The van der Waals surface area contributed by atoms with Crippen molar-refractivity contribution in [1.29, 1.82) is 0 Å². The first kappa shape index (κ1) is 5.96. The molecule has 2 heterocycles. The predicted molar refractivity (Wildman–Crippen MR) is 40.6 cm³/mol. The molecule has 0 atom stereocenters. The standard InChI is InChI=1S/C6H7N5/c7-6-9-5(10-11-6)4-2-1-3-8-4/h1-3,8H,(H3,7,9,10,11). The summed E-state index contributed by atoms with van der Waals surface area (Å²) in [5, 5.41) is 6.38. The van der Waals surface area contributed by atoms with Gasteiger partial charge < -0.3 is 10.7 Å². The first-order valence-electron chi connectivity index (χ1n) is 3.18. The Labute approximate surface area is 62.7 Å². The molecule has 0 saturated carbocycles. The lowest BCUT2D eigenvalue weighted by atomic mass is 10.4. The SMILES string of the molecule is Nc1n[nH]c(-c2ccc[nH]2)n1. The van der Waals surface area contributed by atoms with Crippen molar-refractivity contribution in [2.45, 2.75) is 0 Å². The number of hydrogen-bond acceptors (Lipinski definition) is 3. The van der Waals surface area contributed by atoms with Crippen molar-refractivity contribution in [1.82, 2.24) is 20.2 Å². The number of nitrogen functional groups attached to an aromatic ring is 1. The van der Waals surface area contributed by atoms with Gasteiger partial charge in [0.2, 0.25) is 5.95 Å². The summed E-state index contributed by atoms with van der Waals surface area (Å²) < 4.78 is 0. The molecule has 0 fully saturated rings. The summed E-state index contributed by atoms with van der Waals surface area (Å²) in [5.41, 5.74) is 6.20. The zero-order valence-corrected chi connectivity index (χ0v) is 5.70. The number of hydrogen-bond donors (Lipinski definition) is 3. The fourth-order valence-electron chi connectivity index (χ4n) is 0.873. The summed E-state index contributed by atoms with van der Waals surface area (Å²) in [6, 6.07) is 3.77. The van der Waals surface area contributed by atoms with Gasteiger partial charge in [-0.2, -0.15) is 4.98 Å². The highest BCUT2D eigenvalue weighted by atomic mass is 15.3. The molecule has 0 bridgehead atoms. The van der Waals surface area contributed by atoms with Crippen LogP contribution in [0.1, 0.15) is 0 Å². The molecule has 11 heavy (non-hydrogen) atoms. The van der Waals surface area contributed by atoms with Crippen LogP contribution in [0.2, 0.25) is 0 Å². The number of rotatable bonds is 1. The van der Waals surface area contributed by atoms with Gasteiger partial charge in [0.25, 0.3) is 0 Å². The van der Waals surface area contributed by atoms with Crippen molar-refractivity contribution in [2.75, 3.05) is 5.73 Å². The van der Waals surface area contributed by atoms with E-state index in [0.717, 1.165) is 5.69 Å². The Bertz CT molecular complexity index is 333. The molecule has 0 aliphatic rings. The van der Waals surface area contributed by atoms with Crippen LogP contribution in [0.4, 0.5) is 5.95 Å². The maximum Gasteiger partial charge on any atom is 0.239 e. The van der Waals surface area contributed by atoms with E-state index in [1.807, 2.05) is 18.3 Å². The van der Waals surface area contributed by atoms with Gasteiger partial charge in [-0.1, -0.05) is 0 Å². The van der Waals surface area contributed by atoms with Gasteiger partial charge in [-0.3, -0.25) is 5.10 Å². The van der Waals surface area contributed by atoms with E-state index in [0.29, 0.717) is 5.82 Å². The summed E-state index contributed by atoms with van der Waals surface area (Å²) in [6.45, 7) is 0. The molecule has 0 radical (unpaired) electrons. The molecule has 0 amide bonds. The van der Waals surface area contributed by atoms with E-state index in [-0.39, 0.29) is 5.95 Å². The van der Waals surface area contributed by atoms with E-state index in [9.17, 15) is 0 Å². The highest BCUT2D eigenvalue weighted by molar-refractivity contribution is 5.49. The minimum Gasteiger partial charge on any atom is -0.366 e. The molecule has 5 heteroatoms. The van der Waals surface area contributed by atoms with Crippen LogP contribution < -0.4 is 5.73 Å². The van der Waals surface area contributed by atoms with E-state index in [1.165, 1.54) is 0 Å². The van der Waals surface area contributed by atoms with Crippen LogP contribution in [0.3, 0.4) is 0 Å². The lowest BCUT2D eigenvalue weighted by Gasteiger charge is -1.85. The second-order valence-electron chi connectivity index (χ2n) is 2.13. The first-order chi connectivity index (χ1) is 5.36.